The Labute approximate surface area is 172 Å². The number of allylic oxidation sites excluding steroid dienone is 2. The maximum atomic E-state index is 6.22. The second kappa shape index (κ2) is 9.20. The van der Waals surface area contributed by atoms with Crippen LogP contribution in [0.2, 0.25) is 0 Å². The number of nitrogens with two attached hydrogens (primary N) is 1. The number of hydrogen-bond acceptors (Lipinski definition) is 3. The summed E-state index contributed by atoms with van der Waals surface area (Å²) in [6.45, 7) is 4.07. The quantitative estimate of drug-likeness (QED) is 0.458. The highest BCUT2D eigenvalue weighted by Gasteiger charge is 2.21. The van der Waals surface area contributed by atoms with Gasteiger partial charge in [0.1, 0.15) is 17.4 Å². The molecule has 148 valence electrons. The average Bonchev–Trinajstić information content (AvgIpc) is 3.19. The van der Waals surface area contributed by atoms with E-state index in [-0.39, 0.29) is 5.92 Å². The largest absolute Gasteiger partial charge is 0.461 e. The lowest BCUT2D eigenvalue weighted by Gasteiger charge is -2.22. The minimum Gasteiger partial charge on any atom is -0.461 e. The Morgan fingerprint density at radius 3 is 2.52 bits per heavy atom. The van der Waals surface area contributed by atoms with Crippen molar-refractivity contribution >= 4 is 12.1 Å². The van der Waals surface area contributed by atoms with E-state index in [0.29, 0.717) is 5.84 Å². The minimum atomic E-state index is 0.0144. The van der Waals surface area contributed by atoms with Crippen LogP contribution in [0.4, 0.5) is 0 Å². The third-order valence-corrected chi connectivity index (χ3v) is 4.98. The highest BCUT2D eigenvalue weighted by Crippen LogP contribution is 2.35. The molecule has 0 saturated carbocycles. The fraction of sp³-hybridized carbons (Fsp3) is 0.200. The molecule has 1 aromatic heterocycles. The lowest BCUT2D eigenvalue weighted by atomic mass is 9.82. The van der Waals surface area contributed by atoms with Crippen LogP contribution in [0.3, 0.4) is 0 Å². The van der Waals surface area contributed by atoms with Crippen molar-refractivity contribution in [1.82, 2.24) is 0 Å². The van der Waals surface area contributed by atoms with Crippen LogP contribution in [0.25, 0.3) is 11.3 Å². The molecule has 29 heavy (non-hydrogen) atoms. The number of amidine groups is 1. The van der Waals surface area contributed by atoms with E-state index >= 15 is 0 Å². The Morgan fingerprint density at radius 2 is 1.83 bits per heavy atom. The van der Waals surface area contributed by atoms with Gasteiger partial charge in [-0.2, -0.15) is 0 Å². The molecule has 1 heterocycles. The van der Waals surface area contributed by atoms with E-state index in [2.05, 4.69) is 47.2 Å². The molecule has 1 unspecified atom stereocenters. The first-order valence-electron chi connectivity index (χ1n) is 9.62. The van der Waals surface area contributed by atoms with Gasteiger partial charge in [0.2, 0.25) is 0 Å². The summed E-state index contributed by atoms with van der Waals surface area (Å²) in [5.74, 6) is 2.30. The maximum absolute atomic E-state index is 6.22. The fourth-order valence-corrected chi connectivity index (χ4v) is 3.54. The molecule has 0 saturated heterocycles. The van der Waals surface area contributed by atoms with E-state index in [1.54, 1.807) is 14.1 Å². The van der Waals surface area contributed by atoms with E-state index < -0.39 is 0 Å². The first-order chi connectivity index (χ1) is 14.0. The number of aliphatic imine (C=N–C) groups is 2. The van der Waals surface area contributed by atoms with Gasteiger partial charge in [-0.1, -0.05) is 48.0 Å². The molecule has 0 aliphatic rings. The molecule has 2 N–H and O–H groups in total. The maximum Gasteiger partial charge on any atom is 0.134 e. The molecule has 0 aliphatic heterocycles. The second-order valence-electron chi connectivity index (χ2n) is 6.98. The molecule has 0 spiro atoms. The van der Waals surface area contributed by atoms with E-state index in [9.17, 15) is 0 Å². The first kappa shape index (κ1) is 20.3. The van der Waals surface area contributed by atoms with Crippen LogP contribution in [0.5, 0.6) is 0 Å². The highest BCUT2D eigenvalue weighted by molar-refractivity contribution is 5.99. The molecule has 1 atom stereocenters. The number of furan rings is 1. The van der Waals surface area contributed by atoms with Crippen LogP contribution in [0.1, 0.15) is 35.3 Å². The van der Waals surface area contributed by atoms with E-state index in [1.807, 2.05) is 49.5 Å². The van der Waals surface area contributed by atoms with Gasteiger partial charge < -0.3 is 10.2 Å². The topological polar surface area (TPSA) is 63.9 Å². The van der Waals surface area contributed by atoms with E-state index in [1.165, 1.54) is 5.57 Å². The van der Waals surface area contributed by atoms with Crippen molar-refractivity contribution in [2.45, 2.75) is 19.8 Å². The van der Waals surface area contributed by atoms with Crippen molar-refractivity contribution < 1.29 is 4.42 Å². The van der Waals surface area contributed by atoms with Crippen LogP contribution in [0, 0.1) is 6.92 Å². The molecule has 0 fully saturated rings. The SMILES string of the molecule is CN=C/C=C(\C)C(c1cccc(-c2ccc(C)o2)c1)c1ccccc1C(N)=NC. The minimum absolute atomic E-state index is 0.0144. The Hall–Kier alpha value is -3.40. The Bertz CT molecular complexity index is 1070. The summed E-state index contributed by atoms with van der Waals surface area (Å²) in [6.07, 6.45) is 3.87. The van der Waals surface area contributed by atoms with Gasteiger partial charge in [0, 0.05) is 37.4 Å². The van der Waals surface area contributed by atoms with Crippen molar-refractivity contribution in [3.63, 3.8) is 0 Å². The monoisotopic (exact) mass is 385 g/mol. The van der Waals surface area contributed by atoms with Gasteiger partial charge in [0.25, 0.3) is 0 Å². The van der Waals surface area contributed by atoms with E-state index in [0.717, 1.165) is 33.8 Å². The molecular formula is C25H27N3O. The van der Waals surface area contributed by atoms with Gasteiger partial charge in [-0.3, -0.25) is 9.98 Å². The lowest BCUT2D eigenvalue weighted by Crippen LogP contribution is -2.18. The van der Waals surface area contributed by atoms with E-state index in [4.69, 9.17) is 10.2 Å². The summed E-state index contributed by atoms with van der Waals surface area (Å²) in [5, 5.41) is 0. The van der Waals surface area contributed by atoms with Crippen molar-refractivity contribution in [3.8, 4) is 11.3 Å². The van der Waals surface area contributed by atoms with Crippen molar-refractivity contribution in [2.75, 3.05) is 14.1 Å². The summed E-state index contributed by atoms with van der Waals surface area (Å²) in [5.41, 5.74) is 11.7. The van der Waals surface area contributed by atoms with Crippen molar-refractivity contribution in [3.05, 3.63) is 94.8 Å². The highest BCUT2D eigenvalue weighted by atomic mass is 16.3. The Morgan fingerprint density at radius 1 is 1.03 bits per heavy atom. The average molecular weight is 386 g/mol. The first-order valence-corrected chi connectivity index (χ1v) is 9.62. The van der Waals surface area contributed by atoms with Crippen molar-refractivity contribution in [1.29, 1.82) is 0 Å². The molecular weight excluding hydrogens is 358 g/mol. The van der Waals surface area contributed by atoms with Gasteiger partial charge in [0.05, 0.1) is 0 Å². The summed E-state index contributed by atoms with van der Waals surface area (Å²) >= 11 is 0. The predicted octanol–water partition coefficient (Wildman–Crippen LogP) is 5.37. The zero-order valence-electron chi connectivity index (χ0n) is 17.4. The van der Waals surface area contributed by atoms with Crippen LogP contribution >= 0.6 is 0 Å². The van der Waals surface area contributed by atoms with Gasteiger partial charge in [0.15, 0.2) is 0 Å². The predicted molar refractivity (Wildman–Crippen MR) is 122 cm³/mol. The smallest absolute Gasteiger partial charge is 0.134 e. The normalized spacial score (nSPS) is 13.8. The van der Waals surface area contributed by atoms with Crippen LogP contribution < -0.4 is 5.73 Å². The molecule has 2 aromatic carbocycles. The summed E-state index contributed by atoms with van der Waals surface area (Å²) in [7, 11) is 3.49. The Kier molecular flexibility index (Phi) is 6.45. The standard InChI is InChI=1S/C25H27N3O/c1-17(14-15-27-3)24(21-10-5-6-11-22(21)25(26)28-4)20-9-7-8-19(16-20)23-13-12-18(2)29-23/h5-16,24H,1-4H3,(H2,26,28)/b17-14+,27-15?. The molecule has 0 radical (unpaired) electrons. The molecule has 0 bridgehead atoms. The number of aryl methyl sites for hydroxylation is 1. The van der Waals surface area contributed by atoms with Crippen LogP contribution in [-0.2, 0) is 0 Å². The molecule has 3 rings (SSSR count). The van der Waals surface area contributed by atoms with Gasteiger partial charge in [-0.05, 0) is 49.2 Å². The summed E-state index contributed by atoms with van der Waals surface area (Å²) in [4.78, 5) is 8.34. The zero-order valence-corrected chi connectivity index (χ0v) is 17.4. The zero-order chi connectivity index (χ0) is 20.8. The molecule has 3 aromatic rings. The van der Waals surface area contributed by atoms with Crippen LogP contribution in [0.15, 0.2) is 86.7 Å². The van der Waals surface area contributed by atoms with Gasteiger partial charge in [-0.25, -0.2) is 0 Å². The summed E-state index contributed by atoms with van der Waals surface area (Å²) in [6, 6.07) is 20.6. The number of hydrogen-bond donors (Lipinski definition) is 1. The van der Waals surface area contributed by atoms with Crippen molar-refractivity contribution in [2.24, 2.45) is 15.7 Å². The molecule has 4 heteroatoms. The lowest BCUT2D eigenvalue weighted by molar-refractivity contribution is 0.548. The molecule has 0 aliphatic carbocycles. The summed E-state index contributed by atoms with van der Waals surface area (Å²) < 4.78 is 5.84. The molecule has 4 nitrogen and oxygen atoms in total. The third kappa shape index (κ3) is 4.54. The van der Waals surface area contributed by atoms with Crippen LogP contribution in [-0.4, -0.2) is 26.1 Å². The number of nitrogens with zero attached hydrogens (tertiary/aromatic N) is 2. The second-order valence-corrected chi connectivity index (χ2v) is 6.98. The number of benzene rings is 2. The molecule has 0 amide bonds. The number of rotatable bonds is 6. The van der Waals surface area contributed by atoms with Gasteiger partial charge in [-0.15, -0.1) is 0 Å². The fourth-order valence-electron chi connectivity index (χ4n) is 3.54. The van der Waals surface area contributed by atoms with Gasteiger partial charge >= 0.3 is 0 Å². The third-order valence-electron chi connectivity index (χ3n) is 4.98. The Balaban J connectivity index is 2.19.